The second kappa shape index (κ2) is 9.88. The van der Waals surface area contributed by atoms with Gasteiger partial charge in [0.15, 0.2) is 0 Å². The summed E-state index contributed by atoms with van der Waals surface area (Å²) in [6, 6.07) is 12.3. The van der Waals surface area contributed by atoms with E-state index in [0.29, 0.717) is 25.5 Å². The Kier molecular flexibility index (Phi) is 7.02. The van der Waals surface area contributed by atoms with Crippen molar-refractivity contribution in [1.29, 1.82) is 0 Å². The highest BCUT2D eigenvalue weighted by atomic mass is 16.5. The number of rotatable bonds is 9. The first-order chi connectivity index (χ1) is 14.1. The third kappa shape index (κ3) is 5.03. The fourth-order valence-corrected chi connectivity index (χ4v) is 3.13. The maximum Gasteiger partial charge on any atom is 0.354 e. The number of methoxy groups -OCH3 is 1. The molecule has 0 aliphatic carbocycles. The van der Waals surface area contributed by atoms with Gasteiger partial charge in [-0.05, 0) is 31.2 Å². The lowest BCUT2D eigenvalue weighted by molar-refractivity contribution is -0.135. The summed E-state index contributed by atoms with van der Waals surface area (Å²) in [4.78, 5) is 27.4. The van der Waals surface area contributed by atoms with Gasteiger partial charge in [0.25, 0.3) is 0 Å². The molecule has 0 saturated carbocycles. The van der Waals surface area contributed by atoms with Gasteiger partial charge in [0.1, 0.15) is 17.5 Å². The highest BCUT2D eigenvalue weighted by Crippen LogP contribution is 2.26. The van der Waals surface area contributed by atoms with E-state index in [0.717, 1.165) is 5.69 Å². The van der Waals surface area contributed by atoms with Gasteiger partial charge in [0.2, 0.25) is 5.91 Å². The lowest BCUT2D eigenvalue weighted by atomic mass is 10.1. The molecule has 1 aromatic carbocycles. The van der Waals surface area contributed by atoms with Crippen LogP contribution in [0.5, 0.6) is 0 Å². The molecule has 2 heterocycles. The van der Waals surface area contributed by atoms with Crippen molar-refractivity contribution in [3.8, 4) is 0 Å². The van der Waals surface area contributed by atoms with Crippen molar-refractivity contribution < 1.29 is 23.5 Å². The van der Waals surface area contributed by atoms with Crippen LogP contribution in [0.25, 0.3) is 0 Å². The number of carbonyl (C=O) groups excluding carboxylic acids is 2. The number of anilines is 1. The van der Waals surface area contributed by atoms with E-state index in [1.54, 1.807) is 36.3 Å². The predicted octanol–water partition coefficient (Wildman–Crippen LogP) is 2.45. The molecular weight excluding hydrogens is 374 g/mol. The van der Waals surface area contributed by atoms with Crippen molar-refractivity contribution >= 4 is 23.3 Å². The second-order valence-corrected chi connectivity index (χ2v) is 6.50. The first-order valence-corrected chi connectivity index (χ1v) is 9.53. The zero-order valence-corrected chi connectivity index (χ0v) is 16.6. The zero-order valence-electron chi connectivity index (χ0n) is 16.6. The molecule has 1 amide bonds. The average molecular weight is 399 g/mol. The molecule has 1 aromatic heterocycles. The van der Waals surface area contributed by atoms with Gasteiger partial charge in [0, 0.05) is 20.1 Å². The monoisotopic (exact) mass is 399 g/mol. The van der Waals surface area contributed by atoms with Gasteiger partial charge in [-0.3, -0.25) is 9.80 Å². The van der Waals surface area contributed by atoms with Crippen molar-refractivity contribution in [1.82, 2.24) is 4.90 Å². The molecule has 0 bridgehead atoms. The second-order valence-electron chi connectivity index (χ2n) is 6.50. The third-order valence-electron chi connectivity index (χ3n) is 4.53. The average Bonchev–Trinajstić information content (AvgIpc) is 3.41. The van der Waals surface area contributed by atoms with E-state index >= 15 is 0 Å². The smallest absolute Gasteiger partial charge is 0.354 e. The molecule has 0 N–H and O–H groups in total. The maximum atomic E-state index is 13.4. The quantitative estimate of drug-likeness (QED) is 0.602. The molecule has 8 heteroatoms. The normalized spacial score (nSPS) is 15.9. The van der Waals surface area contributed by atoms with Crippen LogP contribution in [-0.2, 0) is 25.6 Å². The molecule has 1 aliphatic rings. The molecule has 154 valence electrons. The van der Waals surface area contributed by atoms with Gasteiger partial charge in [-0.25, -0.2) is 4.79 Å². The summed E-state index contributed by atoms with van der Waals surface area (Å²) >= 11 is 0. The highest BCUT2D eigenvalue weighted by Gasteiger charge is 2.39. The van der Waals surface area contributed by atoms with Gasteiger partial charge in [-0.2, -0.15) is 5.10 Å². The summed E-state index contributed by atoms with van der Waals surface area (Å²) in [6.07, 6.45) is 1.75. The molecule has 8 nitrogen and oxygen atoms in total. The number of hydrogen-bond donors (Lipinski definition) is 0. The van der Waals surface area contributed by atoms with Gasteiger partial charge < -0.3 is 18.8 Å². The number of furan rings is 1. The van der Waals surface area contributed by atoms with E-state index in [4.69, 9.17) is 13.9 Å². The summed E-state index contributed by atoms with van der Waals surface area (Å²) in [5, 5.41) is 6.01. The Hall–Kier alpha value is -3.13. The van der Waals surface area contributed by atoms with Gasteiger partial charge >= 0.3 is 5.97 Å². The number of para-hydroxylation sites is 1. The topological polar surface area (TPSA) is 84.6 Å². The number of hydrazone groups is 1. The van der Waals surface area contributed by atoms with E-state index < -0.39 is 12.0 Å². The summed E-state index contributed by atoms with van der Waals surface area (Å²) in [7, 11) is 1.59. The van der Waals surface area contributed by atoms with Crippen LogP contribution < -0.4 is 5.01 Å². The first-order valence-electron chi connectivity index (χ1n) is 9.53. The summed E-state index contributed by atoms with van der Waals surface area (Å²) in [5.74, 6) is 0.00815. The number of carbonyl (C=O) groups is 2. The molecule has 0 saturated heterocycles. The van der Waals surface area contributed by atoms with E-state index in [-0.39, 0.29) is 24.6 Å². The molecule has 1 aliphatic heterocycles. The van der Waals surface area contributed by atoms with Crippen LogP contribution in [0, 0.1) is 0 Å². The molecule has 29 heavy (non-hydrogen) atoms. The van der Waals surface area contributed by atoms with E-state index in [1.165, 1.54) is 0 Å². The number of benzene rings is 1. The molecule has 0 spiro atoms. The molecule has 2 aromatic rings. The Morgan fingerprint density at radius 1 is 1.24 bits per heavy atom. The van der Waals surface area contributed by atoms with E-state index in [2.05, 4.69) is 5.10 Å². The standard InChI is InChI=1S/C21H25N3O5/c1-3-28-21(26)18-14-19(24(22-18)16-8-5-4-6-9-16)20(25)23(11-13-27-2)15-17-10-7-12-29-17/h4-10,12,19H,3,11,13-15H2,1-2H3. The van der Waals surface area contributed by atoms with Gasteiger partial charge in [-0.15, -0.1) is 0 Å². The first kappa shape index (κ1) is 20.6. The molecular formula is C21H25N3O5. The van der Waals surface area contributed by atoms with Gasteiger partial charge in [0.05, 0.1) is 31.7 Å². The number of esters is 1. The lowest BCUT2D eigenvalue weighted by Gasteiger charge is -2.29. The Balaban J connectivity index is 1.85. The minimum absolute atomic E-state index is 0.162. The third-order valence-corrected chi connectivity index (χ3v) is 4.53. The Bertz CT molecular complexity index is 835. The largest absolute Gasteiger partial charge is 0.467 e. The minimum atomic E-state index is -0.649. The number of amides is 1. The van der Waals surface area contributed by atoms with Crippen LogP contribution in [0.15, 0.2) is 58.2 Å². The van der Waals surface area contributed by atoms with E-state index in [9.17, 15) is 9.59 Å². The molecule has 3 rings (SSSR count). The van der Waals surface area contributed by atoms with Crippen molar-refractivity contribution in [3.05, 3.63) is 54.5 Å². The van der Waals surface area contributed by atoms with Crippen molar-refractivity contribution in [2.24, 2.45) is 5.10 Å². The van der Waals surface area contributed by atoms with Crippen molar-refractivity contribution in [2.75, 3.05) is 31.9 Å². The maximum absolute atomic E-state index is 13.4. The van der Waals surface area contributed by atoms with Crippen LogP contribution in [0.2, 0.25) is 0 Å². The molecule has 1 atom stereocenters. The van der Waals surface area contributed by atoms with E-state index in [1.807, 2.05) is 36.4 Å². The molecule has 1 unspecified atom stereocenters. The molecule has 0 fully saturated rings. The number of hydrogen-bond acceptors (Lipinski definition) is 7. The fourth-order valence-electron chi connectivity index (χ4n) is 3.13. The van der Waals surface area contributed by atoms with Crippen LogP contribution in [-0.4, -0.2) is 55.4 Å². The van der Waals surface area contributed by atoms with Crippen LogP contribution in [0.4, 0.5) is 5.69 Å². The van der Waals surface area contributed by atoms with Crippen LogP contribution in [0.3, 0.4) is 0 Å². The Morgan fingerprint density at radius 2 is 2.03 bits per heavy atom. The van der Waals surface area contributed by atoms with Crippen molar-refractivity contribution in [3.63, 3.8) is 0 Å². The lowest BCUT2D eigenvalue weighted by Crippen LogP contribution is -2.46. The van der Waals surface area contributed by atoms with Gasteiger partial charge in [-0.1, -0.05) is 18.2 Å². The summed E-state index contributed by atoms with van der Waals surface area (Å²) in [6.45, 7) is 3.07. The predicted molar refractivity (Wildman–Crippen MR) is 107 cm³/mol. The SMILES string of the molecule is CCOC(=O)C1=NN(c2ccccc2)C(C(=O)N(CCOC)Cc2ccco2)C1. The van der Waals surface area contributed by atoms with Crippen LogP contribution >= 0.6 is 0 Å². The van der Waals surface area contributed by atoms with Crippen LogP contribution in [0.1, 0.15) is 19.1 Å². The fraction of sp³-hybridized carbons (Fsp3) is 0.381. The zero-order chi connectivity index (χ0) is 20.6. The highest BCUT2D eigenvalue weighted by molar-refractivity contribution is 6.38. The number of nitrogens with zero attached hydrogens (tertiary/aromatic N) is 3. The Morgan fingerprint density at radius 3 is 2.69 bits per heavy atom. The summed E-state index contributed by atoms with van der Waals surface area (Å²) in [5.41, 5.74) is 0.966. The van der Waals surface area contributed by atoms with Crippen molar-refractivity contribution in [2.45, 2.75) is 25.9 Å². The summed E-state index contributed by atoms with van der Waals surface area (Å²) < 4.78 is 15.7. The number of ether oxygens (including phenoxy) is 2. The Labute approximate surface area is 169 Å². The molecule has 0 radical (unpaired) electrons. The minimum Gasteiger partial charge on any atom is -0.467 e.